The molecule has 0 aliphatic carbocycles. The molecule has 132 valence electrons. The summed E-state index contributed by atoms with van der Waals surface area (Å²) in [7, 11) is 0. The molecule has 2 heterocycles. The normalized spacial score (nSPS) is 12.5. The van der Waals surface area contributed by atoms with E-state index < -0.39 is 17.3 Å². The number of aromatic amines is 2. The van der Waals surface area contributed by atoms with Crippen LogP contribution in [0.4, 0.5) is 13.2 Å². The van der Waals surface area contributed by atoms with Gasteiger partial charge in [-0.1, -0.05) is 12.1 Å². The molecule has 0 spiro atoms. The van der Waals surface area contributed by atoms with E-state index in [1.807, 2.05) is 0 Å². The molecule has 25 heavy (non-hydrogen) atoms. The predicted octanol–water partition coefficient (Wildman–Crippen LogP) is 2.91. The van der Waals surface area contributed by atoms with Crippen LogP contribution in [0.3, 0.4) is 0 Å². The number of nitrogens with zero attached hydrogens (tertiary/aromatic N) is 2. The molecule has 0 unspecified atom stereocenters. The van der Waals surface area contributed by atoms with Crippen LogP contribution in [-0.2, 0) is 25.4 Å². The second-order valence-electron chi connectivity index (χ2n) is 6.02. The molecular weight excluding hydrogens is 333 g/mol. The quantitative estimate of drug-likeness (QED) is 0.640. The van der Waals surface area contributed by atoms with Crippen molar-refractivity contribution in [1.82, 2.24) is 19.9 Å². The van der Waals surface area contributed by atoms with Gasteiger partial charge in [-0.2, -0.15) is 13.2 Å². The summed E-state index contributed by atoms with van der Waals surface area (Å²) in [6, 6.07) is 4.82. The van der Waals surface area contributed by atoms with Gasteiger partial charge in [0.1, 0.15) is 11.6 Å². The fourth-order valence-corrected chi connectivity index (χ4v) is 2.79. The third-order valence-electron chi connectivity index (χ3n) is 3.92. The van der Waals surface area contributed by atoms with Crippen LogP contribution >= 0.6 is 0 Å². The van der Waals surface area contributed by atoms with Crippen molar-refractivity contribution in [2.75, 3.05) is 0 Å². The zero-order valence-electron chi connectivity index (χ0n) is 13.2. The van der Waals surface area contributed by atoms with Gasteiger partial charge in [0.05, 0.1) is 11.2 Å². The van der Waals surface area contributed by atoms with Crippen LogP contribution in [0.25, 0.3) is 0 Å². The number of benzene rings is 1. The third kappa shape index (κ3) is 4.48. The minimum Gasteiger partial charge on any atom is -0.389 e. The summed E-state index contributed by atoms with van der Waals surface area (Å²) in [6.07, 6.45) is 2.72. The standard InChI is InChI=1S/C17H17F3N4O/c18-17(19,20)13-3-1-12(2-4-13)9-16(25,10-14-21-5-6-22-14)11-15-23-7-8-24-15/h1-8,25H,9-11H2,(H,21,22)(H,23,24). The zero-order valence-corrected chi connectivity index (χ0v) is 13.2. The molecule has 3 rings (SSSR count). The molecule has 0 amide bonds. The summed E-state index contributed by atoms with van der Waals surface area (Å²) in [5.74, 6) is 1.20. The van der Waals surface area contributed by atoms with Crippen molar-refractivity contribution in [3.8, 4) is 0 Å². The second-order valence-corrected chi connectivity index (χ2v) is 6.02. The fourth-order valence-electron chi connectivity index (χ4n) is 2.79. The Labute approximate surface area is 142 Å². The molecule has 0 bridgehead atoms. The lowest BCUT2D eigenvalue weighted by atomic mass is 9.87. The maximum absolute atomic E-state index is 12.7. The number of aromatic nitrogens is 4. The topological polar surface area (TPSA) is 77.6 Å². The van der Waals surface area contributed by atoms with E-state index in [-0.39, 0.29) is 19.3 Å². The highest BCUT2D eigenvalue weighted by Gasteiger charge is 2.32. The summed E-state index contributed by atoms with van der Waals surface area (Å²) in [5, 5.41) is 11.1. The lowest BCUT2D eigenvalue weighted by Gasteiger charge is -2.27. The fraction of sp³-hybridized carbons (Fsp3) is 0.294. The summed E-state index contributed by atoms with van der Waals surface area (Å²) < 4.78 is 38.1. The molecule has 0 atom stereocenters. The summed E-state index contributed by atoms with van der Waals surface area (Å²) >= 11 is 0. The maximum Gasteiger partial charge on any atom is 0.416 e. The van der Waals surface area contributed by atoms with E-state index in [0.717, 1.165) is 12.1 Å². The van der Waals surface area contributed by atoms with Crippen molar-refractivity contribution < 1.29 is 18.3 Å². The Kier molecular flexibility index (Phi) is 4.63. The van der Waals surface area contributed by atoms with Crippen LogP contribution in [0.5, 0.6) is 0 Å². The highest BCUT2D eigenvalue weighted by atomic mass is 19.4. The predicted molar refractivity (Wildman–Crippen MR) is 84.7 cm³/mol. The van der Waals surface area contributed by atoms with E-state index >= 15 is 0 Å². The molecule has 0 aliphatic rings. The molecule has 5 nitrogen and oxygen atoms in total. The molecule has 3 aromatic rings. The van der Waals surface area contributed by atoms with Gasteiger partial charge in [-0.05, 0) is 17.7 Å². The molecule has 3 N–H and O–H groups in total. The highest BCUT2D eigenvalue weighted by molar-refractivity contribution is 5.26. The zero-order chi connectivity index (χ0) is 17.9. The van der Waals surface area contributed by atoms with Crippen LogP contribution in [0.15, 0.2) is 49.1 Å². The third-order valence-corrected chi connectivity index (χ3v) is 3.92. The Morgan fingerprint density at radius 3 is 1.76 bits per heavy atom. The van der Waals surface area contributed by atoms with Crippen LogP contribution in [0, 0.1) is 0 Å². The van der Waals surface area contributed by atoms with Gasteiger partial charge in [-0.25, -0.2) is 9.97 Å². The van der Waals surface area contributed by atoms with E-state index in [9.17, 15) is 18.3 Å². The number of alkyl halides is 3. The van der Waals surface area contributed by atoms with Gasteiger partial charge in [0.2, 0.25) is 0 Å². The van der Waals surface area contributed by atoms with Crippen molar-refractivity contribution in [2.45, 2.75) is 31.0 Å². The number of aliphatic hydroxyl groups is 1. The van der Waals surface area contributed by atoms with E-state index in [4.69, 9.17) is 0 Å². The Bertz CT molecular complexity index is 744. The number of imidazole rings is 2. The van der Waals surface area contributed by atoms with Crippen molar-refractivity contribution in [3.05, 3.63) is 71.8 Å². The molecule has 8 heteroatoms. The van der Waals surface area contributed by atoms with Gasteiger partial charge >= 0.3 is 6.18 Å². The Morgan fingerprint density at radius 1 is 0.840 bits per heavy atom. The minimum absolute atomic E-state index is 0.173. The maximum atomic E-state index is 12.7. The summed E-state index contributed by atoms with van der Waals surface area (Å²) in [4.78, 5) is 14.1. The van der Waals surface area contributed by atoms with Crippen molar-refractivity contribution >= 4 is 0 Å². The molecule has 0 aliphatic heterocycles. The molecule has 2 aromatic heterocycles. The van der Waals surface area contributed by atoms with Crippen molar-refractivity contribution in [1.29, 1.82) is 0 Å². The van der Waals surface area contributed by atoms with Gasteiger partial charge in [-0.15, -0.1) is 0 Å². The molecule has 0 fully saturated rings. The largest absolute Gasteiger partial charge is 0.416 e. The summed E-state index contributed by atoms with van der Waals surface area (Å²) in [5.41, 5.74) is -1.35. The number of nitrogens with one attached hydrogen (secondary N) is 2. The molecule has 0 radical (unpaired) electrons. The lowest BCUT2D eigenvalue weighted by molar-refractivity contribution is -0.137. The van der Waals surface area contributed by atoms with Crippen molar-refractivity contribution in [2.24, 2.45) is 0 Å². The lowest BCUT2D eigenvalue weighted by Crippen LogP contribution is -2.37. The average molecular weight is 350 g/mol. The molecule has 0 saturated carbocycles. The first-order valence-corrected chi connectivity index (χ1v) is 7.69. The van der Waals surface area contributed by atoms with Crippen molar-refractivity contribution in [3.63, 3.8) is 0 Å². The molecule has 1 aromatic carbocycles. The van der Waals surface area contributed by atoms with Crippen LogP contribution in [-0.4, -0.2) is 30.6 Å². The number of rotatable bonds is 6. The van der Waals surface area contributed by atoms with Gasteiger partial charge < -0.3 is 15.1 Å². The molecular formula is C17H17F3N4O. The smallest absolute Gasteiger partial charge is 0.389 e. The summed E-state index contributed by atoms with van der Waals surface area (Å²) in [6.45, 7) is 0. The van der Waals surface area contributed by atoms with Gasteiger partial charge in [0.25, 0.3) is 0 Å². The average Bonchev–Trinajstić information content (AvgIpc) is 3.20. The number of halogens is 3. The monoisotopic (exact) mass is 350 g/mol. The SMILES string of the molecule is OC(Cc1ccc(C(F)(F)F)cc1)(Cc1ncc[nH]1)Cc1ncc[nH]1. The number of H-pyrrole nitrogens is 2. The van der Waals surface area contributed by atoms with Gasteiger partial charge in [-0.3, -0.25) is 0 Å². The van der Waals surface area contributed by atoms with Gasteiger partial charge in [0.15, 0.2) is 0 Å². The van der Waals surface area contributed by atoms with Gasteiger partial charge in [0, 0.05) is 44.0 Å². The number of hydrogen-bond donors (Lipinski definition) is 3. The Balaban J connectivity index is 1.81. The first kappa shape index (κ1) is 17.2. The number of hydrogen-bond acceptors (Lipinski definition) is 3. The van der Waals surface area contributed by atoms with Crippen LogP contribution in [0.2, 0.25) is 0 Å². The second kappa shape index (κ2) is 6.72. The Hall–Kier alpha value is -2.61. The first-order chi connectivity index (χ1) is 11.8. The van der Waals surface area contributed by atoms with E-state index in [2.05, 4.69) is 19.9 Å². The highest BCUT2D eigenvalue weighted by Crippen LogP contribution is 2.30. The first-order valence-electron chi connectivity index (χ1n) is 7.69. The Morgan fingerprint density at radius 2 is 1.36 bits per heavy atom. The molecule has 0 saturated heterocycles. The van der Waals surface area contributed by atoms with E-state index in [1.165, 1.54) is 12.1 Å². The minimum atomic E-state index is -4.38. The van der Waals surface area contributed by atoms with Crippen LogP contribution in [0.1, 0.15) is 22.8 Å². The van der Waals surface area contributed by atoms with E-state index in [1.54, 1.807) is 24.8 Å². The van der Waals surface area contributed by atoms with E-state index in [0.29, 0.717) is 17.2 Å². The van der Waals surface area contributed by atoms with Crippen LogP contribution < -0.4 is 0 Å².